The molecule has 2 N–H and O–H groups in total. The number of hydrogen-bond donors (Lipinski definition) is 1. The standard InChI is InChI=1S/C12H22.C10H19N.2C9H16/c1-11(2,3)9-7-8-10-12(4,5)6;1-9(11)7-5-6-8-10(2,3)4;2*1-5-6-7-8-9(2,3)4/h7,9H2,1-6H3;9H,6,8,11H2,1-4H3;2*7-8H2,1-4H3. The average Bonchev–Trinajstić information content (AvgIpc) is 2.73. The smallest absolute Gasteiger partial charge is 0.0635 e. The molecule has 1 nitrogen and oxygen atoms in total. The van der Waals surface area contributed by atoms with Gasteiger partial charge >= 0.3 is 0 Å². The van der Waals surface area contributed by atoms with E-state index in [1.165, 1.54) is 19.3 Å². The largest absolute Gasteiger partial charge is 0.318 e. The fourth-order valence-corrected chi connectivity index (χ4v) is 2.56. The number of hydrogen-bond acceptors (Lipinski definition) is 1. The van der Waals surface area contributed by atoms with Crippen LogP contribution in [0, 0.1) is 74.4 Å². The molecule has 0 aromatic heterocycles. The van der Waals surface area contributed by atoms with Crippen LogP contribution >= 0.6 is 0 Å². The summed E-state index contributed by atoms with van der Waals surface area (Å²) in [5.41, 5.74) is 7.35. The van der Waals surface area contributed by atoms with Gasteiger partial charge in [-0.25, -0.2) is 0 Å². The van der Waals surface area contributed by atoms with Crippen molar-refractivity contribution in [1.29, 1.82) is 0 Å². The first-order chi connectivity index (χ1) is 18.2. The Bertz CT molecular complexity index is 831. The molecule has 0 fully saturated rings. The van der Waals surface area contributed by atoms with Crippen LogP contribution in [0.15, 0.2) is 0 Å². The summed E-state index contributed by atoms with van der Waals surface area (Å²) >= 11 is 0. The average molecular weight is 568 g/mol. The SMILES string of the molecule is CC#CCCC(C)(C)C.CC#CCCC(C)(C)C.CC(C)(C)C#CCCC(C)(C)C.CC(N)C#CCCC(C)(C)C. The molecule has 0 saturated heterocycles. The Morgan fingerprint density at radius 3 is 0.951 bits per heavy atom. The summed E-state index contributed by atoms with van der Waals surface area (Å²) in [7, 11) is 0. The summed E-state index contributed by atoms with van der Waals surface area (Å²) in [5, 5.41) is 0. The molecule has 0 heterocycles. The molecular weight excluding hydrogens is 494 g/mol. The van der Waals surface area contributed by atoms with Crippen molar-refractivity contribution in [3.63, 3.8) is 0 Å². The van der Waals surface area contributed by atoms with Crippen LogP contribution in [0.2, 0.25) is 0 Å². The second-order valence-corrected chi connectivity index (χ2v) is 16.8. The van der Waals surface area contributed by atoms with E-state index < -0.39 is 0 Å². The van der Waals surface area contributed by atoms with Gasteiger partial charge in [-0.05, 0) is 88.9 Å². The number of nitrogens with two attached hydrogens (primary N) is 1. The van der Waals surface area contributed by atoms with Crippen LogP contribution in [0.1, 0.15) is 176 Å². The Hall–Kier alpha value is -1.80. The zero-order chi connectivity index (χ0) is 33.4. The maximum atomic E-state index is 5.47. The lowest BCUT2D eigenvalue weighted by atomic mass is 9.90. The van der Waals surface area contributed by atoms with Crippen molar-refractivity contribution in [2.45, 2.75) is 182 Å². The van der Waals surface area contributed by atoms with Crippen molar-refractivity contribution in [2.24, 2.45) is 32.8 Å². The number of rotatable bonds is 4. The van der Waals surface area contributed by atoms with Gasteiger partial charge < -0.3 is 5.73 Å². The van der Waals surface area contributed by atoms with E-state index in [1.54, 1.807) is 0 Å². The summed E-state index contributed by atoms with van der Waals surface area (Å²) in [5.74, 6) is 24.4. The first kappa shape index (κ1) is 46.2. The Kier molecular flexibility index (Phi) is 26.7. The molecule has 41 heavy (non-hydrogen) atoms. The third kappa shape index (κ3) is 67.7. The van der Waals surface area contributed by atoms with Crippen LogP contribution in [0.25, 0.3) is 0 Å². The van der Waals surface area contributed by atoms with Gasteiger partial charge in [0, 0.05) is 31.1 Å². The second kappa shape index (κ2) is 23.7. The molecule has 0 saturated carbocycles. The minimum Gasteiger partial charge on any atom is -0.318 e. The van der Waals surface area contributed by atoms with E-state index in [1.807, 2.05) is 20.8 Å². The predicted octanol–water partition coefficient (Wildman–Crippen LogP) is 11.7. The topological polar surface area (TPSA) is 26.0 Å². The van der Waals surface area contributed by atoms with Crippen LogP contribution < -0.4 is 5.73 Å². The molecule has 1 heteroatoms. The van der Waals surface area contributed by atoms with Crippen LogP contribution in [0.4, 0.5) is 0 Å². The Balaban J connectivity index is -0.000000224. The summed E-state index contributed by atoms with van der Waals surface area (Å²) in [6.07, 6.45) is 8.82. The van der Waals surface area contributed by atoms with Gasteiger partial charge in [0.2, 0.25) is 0 Å². The molecule has 0 rings (SSSR count). The molecule has 1 atom stereocenters. The Morgan fingerprint density at radius 1 is 0.463 bits per heavy atom. The molecular formula is C40H73N. The molecule has 238 valence electrons. The molecule has 0 amide bonds. The molecule has 0 aromatic rings. The third-order valence-electron chi connectivity index (χ3n) is 5.15. The van der Waals surface area contributed by atoms with E-state index in [-0.39, 0.29) is 11.5 Å². The Labute approximate surface area is 261 Å². The molecule has 0 spiro atoms. The maximum absolute atomic E-state index is 5.47. The van der Waals surface area contributed by atoms with E-state index in [0.29, 0.717) is 21.7 Å². The summed E-state index contributed by atoms with van der Waals surface area (Å²) in [4.78, 5) is 0. The van der Waals surface area contributed by atoms with Crippen molar-refractivity contribution in [1.82, 2.24) is 0 Å². The third-order valence-corrected chi connectivity index (χ3v) is 5.15. The van der Waals surface area contributed by atoms with Crippen LogP contribution in [-0.4, -0.2) is 6.04 Å². The summed E-state index contributed by atoms with van der Waals surface area (Å²) < 4.78 is 0. The highest BCUT2D eigenvalue weighted by Gasteiger charge is 2.09. The van der Waals surface area contributed by atoms with Crippen LogP contribution in [-0.2, 0) is 0 Å². The predicted molar refractivity (Wildman–Crippen MR) is 190 cm³/mol. The molecule has 0 aliphatic heterocycles. The second-order valence-electron chi connectivity index (χ2n) is 16.8. The first-order valence-electron chi connectivity index (χ1n) is 15.8. The van der Waals surface area contributed by atoms with E-state index in [0.717, 1.165) is 32.1 Å². The molecule has 0 aliphatic carbocycles. The van der Waals surface area contributed by atoms with E-state index in [9.17, 15) is 0 Å². The van der Waals surface area contributed by atoms with Gasteiger partial charge in [-0.2, -0.15) is 0 Å². The lowest BCUT2D eigenvalue weighted by molar-refractivity contribution is 0.383. The summed E-state index contributed by atoms with van der Waals surface area (Å²) in [6, 6.07) is 0.0231. The van der Waals surface area contributed by atoms with Crippen molar-refractivity contribution < 1.29 is 0 Å². The molecule has 0 bridgehead atoms. The highest BCUT2D eigenvalue weighted by Crippen LogP contribution is 2.21. The molecule has 0 radical (unpaired) electrons. The molecule has 0 aromatic carbocycles. The van der Waals surface area contributed by atoms with Crippen molar-refractivity contribution in [2.75, 3.05) is 0 Å². The van der Waals surface area contributed by atoms with Crippen LogP contribution in [0.3, 0.4) is 0 Å². The van der Waals surface area contributed by atoms with Gasteiger partial charge in [-0.3, -0.25) is 0 Å². The molecule has 1 unspecified atom stereocenters. The van der Waals surface area contributed by atoms with Gasteiger partial charge in [0.1, 0.15) is 0 Å². The maximum Gasteiger partial charge on any atom is 0.0635 e. The lowest BCUT2D eigenvalue weighted by Gasteiger charge is -2.15. The fourth-order valence-electron chi connectivity index (χ4n) is 2.56. The van der Waals surface area contributed by atoms with Crippen molar-refractivity contribution in [3.05, 3.63) is 0 Å². The first-order valence-corrected chi connectivity index (χ1v) is 15.8. The zero-order valence-electron chi connectivity index (χ0n) is 31.3. The summed E-state index contributed by atoms with van der Waals surface area (Å²) in [6.45, 7) is 39.0. The quantitative estimate of drug-likeness (QED) is 0.336. The monoisotopic (exact) mass is 568 g/mol. The van der Waals surface area contributed by atoms with Gasteiger partial charge in [-0.1, -0.05) is 94.9 Å². The van der Waals surface area contributed by atoms with E-state index in [2.05, 4.69) is 151 Å². The van der Waals surface area contributed by atoms with E-state index >= 15 is 0 Å². The minimum absolute atomic E-state index is 0.0231. The zero-order valence-corrected chi connectivity index (χ0v) is 31.3. The fraction of sp³-hybridized carbons (Fsp3) is 0.800. The minimum atomic E-state index is 0.0231. The highest BCUT2D eigenvalue weighted by atomic mass is 14.6. The Morgan fingerprint density at radius 2 is 0.732 bits per heavy atom. The van der Waals surface area contributed by atoms with Gasteiger partial charge in [-0.15, -0.1) is 35.5 Å². The van der Waals surface area contributed by atoms with Gasteiger partial charge in [0.05, 0.1) is 6.04 Å². The highest BCUT2D eigenvalue weighted by molar-refractivity contribution is 5.07. The van der Waals surface area contributed by atoms with Crippen LogP contribution in [0.5, 0.6) is 0 Å². The normalized spacial score (nSPS) is 11.7. The van der Waals surface area contributed by atoms with Gasteiger partial charge in [0.25, 0.3) is 0 Å². The lowest BCUT2D eigenvalue weighted by Crippen LogP contribution is -2.11. The van der Waals surface area contributed by atoms with Gasteiger partial charge in [0.15, 0.2) is 0 Å². The molecule has 0 aliphatic rings. The van der Waals surface area contributed by atoms with Crippen molar-refractivity contribution >= 4 is 0 Å². The van der Waals surface area contributed by atoms with Crippen molar-refractivity contribution in [3.8, 4) is 47.4 Å². The van der Waals surface area contributed by atoms with E-state index in [4.69, 9.17) is 5.73 Å².